The third-order valence-corrected chi connectivity index (χ3v) is 2.97. The van der Waals surface area contributed by atoms with Crippen molar-refractivity contribution >= 4 is 30.6 Å². The summed E-state index contributed by atoms with van der Waals surface area (Å²) >= 11 is 5.79. The van der Waals surface area contributed by atoms with Crippen molar-refractivity contribution in [2.75, 3.05) is 23.9 Å². The second-order valence-electron chi connectivity index (χ2n) is 3.91. The molecule has 1 aliphatic heterocycles. The fraction of sp³-hybridized carbons (Fsp3) is 0.455. The van der Waals surface area contributed by atoms with E-state index in [0.717, 1.165) is 13.1 Å². The first-order chi connectivity index (χ1) is 6.81. The van der Waals surface area contributed by atoms with Crippen LogP contribution < -0.4 is 10.4 Å². The molecule has 0 fully saturated rings. The SMILES string of the molecule is Bc1ccc2c(c1)CCCN2CCCl. The molecule has 0 N–H and O–H groups in total. The molecule has 1 heterocycles. The molecule has 0 saturated carbocycles. The maximum Gasteiger partial charge on any atom is 0.139 e. The molecule has 3 heteroatoms. The molecule has 74 valence electrons. The Labute approximate surface area is 91.5 Å². The molecular weight excluding hydrogens is 192 g/mol. The van der Waals surface area contributed by atoms with Crippen molar-refractivity contribution < 1.29 is 0 Å². The second kappa shape index (κ2) is 4.27. The lowest BCUT2D eigenvalue weighted by atomic mass is 9.90. The van der Waals surface area contributed by atoms with E-state index in [1.54, 1.807) is 0 Å². The summed E-state index contributed by atoms with van der Waals surface area (Å²) in [6, 6.07) is 6.72. The number of halogens is 1. The van der Waals surface area contributed by atoms with E-state index in [0.29, 0.717) is 5.88 Å². The Morgan fingerprint density at radius 3 is 3.07 bits per heavy atom. The summed E-state index contributed by atoms with van der Waals surface area (Å²) in [5, 5.41) is 0. The maximum absolute atomic E-state index is 5.79. The van der Waals surface area contributed by atoms with Gasteiger partial charge in [-0.25, -0.2) is 0 Å². The van der Waals surface area contributed by atoms with Gasteiger partial charge in [0, 0.05) is 24.7 Å². The van der Waals surface area contributed by atoms with Gasteiger partial charge < -0.3 is 4.90 Å². The van der Waals surface area contributed by atoms with E-state index in [2.05, 4.69) is 30.9 Å². The van der Waals surface area contributed by atoms with Gasteiger partial charge >= 0.3 is 0 Å². The van der Waals surface area contributed by atoms with Crippen LogP contribution in [-0.2, 0) is 6.42 Å². The first-order valence-corrected chi connectivity index (χ1v) is 5.75. The fourth-order valence-electron chi connectivity index (χ4n) is 2.14. The first kappa shape index (κ1) is 9.91. The van der Waals surface area contributed by atoms with Gasteiger partial charge in [0.2, 0.25) is 0 Å². The van der Waals surface area contributed by atoms with Gasteiger partial charge in [-0.1, -0.05) is 17.6 Å². The van der Waals surface area contributed by atoms with Crippen molar-refractivity contribution in [3.63, 3.8) is 0 Å². The molecule has 0 aliphatic carbocycles. The molecule has 0 aromatic heterocycles. The first-order valence-electron chi connectivity index (χ1n) is 5.21. The van der Waals surface area contributed by atoms with Crippen LogP contribution in [0.15, 0.2) is 18.2 Å². The van der Waals surface area contributed by atoms with Gasteiger partial charge in [-0.3, -0.25) is 0 Å². The zero-order chi connectivity index (χ0) is 9.97. The minimum absolute atomic E-state index is 0.716. The van der Waals surface area contributed by atoms with E-state index < -0.39 is 0 Å². The third kappa shape index (κ3) is 1.90. The van der Waals surface area contributed by atoms with Crippen molar-refractivity contribution in [1.82, 2.24) is 0 Å². The normalized spacial score (nSPS) is 15.4. The summed E-state index contributed by atoms with van der Waals surface area (Å²) < 4.78 is 0. The highest BCUT2D eigenvalue weighted by atomic mass is 35.5. The third-order valence-electron chi connectivity index (χ3n) is 2.80. The van der Waals surface area contributed by atoms with Gasteiger partial charge in [0.25, 0.3) is 0 Å². The summed E-state index contributed by atoms with van der Waals surface area (Å²) in [6.07, 6.45) is 2.48. The van der Waals surface area contributed by atoms with E-state index in [-0.39, 0.29) is 0 Å². The van der Waals surface area contributed by atoms with Gasteiger partial charge in [0.1, 0.15) is 7.85 Å². The smallest absolute Gasteiger partial charge is 0.139 e. The van der Waals surface area contributed by atoms with Crippen LogP contribution in [0.5, 0.6) is 0 Å². The topological polar surface area (TPSA) is 3.24 Å². The molecule has 1 nitrogen and oxygen atoms in total. The van der Waals surface area contributed by atoms with Gasteiger partial charge in [0.05, 0.1) is 0 Å². The van der Waals surface area contributed by atoms with Crippen LogP contribution in [0, 0.1) is 0 Å². The van der Waals surface area contributed by atoms with Crippen LogP contribution in [0.4, 0.5) is 5.69 Å². The summed E-state index contributed by atoms with van der Waals surface area (Å²) in [7, 11) is 2.15. The molecule has 1 aromatic carbocycles. The highest BCUT2D eigenvalue weighted by Crippen LogP contribution is 2.25. The molecule has 0 bridgehead atoms. The largest absolute Gasteiger partial charge is 0.370 e. The second-order valence-corrected chi connectivity index (χ2v) is 4.29. The lowest BCUT2D eigenvalue weighted by molar-refractivity contribution is 0.710. The summed E-state index contributed by atoms with van der Waals surface area (Å²) in [4.78, 5) is 2.39. The van der Waals surface area contributed by atoms with Gasteiger partial charge in [0.15, 0.2) is 0 Å². The number of hydrogen-bond donors (Lipinski definition) is 0. The number of benzene rings is 1. The number of hydrogen-bond acceptors (Lipinski definition) is 1. The van der Waals surface area contributed by atoms with Crippen LogP contribution in [0.25, 0.3) is 0 Å². The summed E-state index contributed by atoms with van der Waals surface area (Å²) in [5.74, 6) is 0.716. The average Bonchev–Trinajstić information content (AvgIpc) is 2.18. The lowest BCUT2D eigenvalue weighted by Crippen LogP contribution is -2.31. The summed E-state index contributed by atoms with van der Waals surface area (Å²) in [6.45, 7) is 2.13. The van der Waals surface area contributed by atoms with Crippen LogP contribution in [-0.4, -0.2) is 26.8 Å². The van der Waals surface area contributed by atoms with Gasteiger partial charge in [-0.2, -0.15) is 0 Å². The minimum Gasteiger partial charge on any atom is -0.370 e. The Morgan fingerprint density at radius 2 is 2.29 bits per heavy atom. The average molecular weight is 208 g/mol. The monoisotopic (exact) mass is 207 g/mol. The van der Waals surface area contributed by atoms with Crippen molar-refractivity contribution in [2.45, 2.75) is 12.8 Å². The van der Waals surface area contributed by atoms with Crippen molar-refractivity contribution in [2.24, 2.45) is 0 Å². The maximum atomic E-state index is 5.79. The predicted molar refractivity (Wildman–Crippen MR) is 65.9 cm³/mol. The van der Waals surface area contributed by atoms with Gasteiger partial charge in [-0.15, -0.1) is 11.6 Å². The Balaban J connectivity index is 2.30. The molecular formula is C11H15BClN. The molecule has 0 atom stereocenters. The molecule has 1 aliphatic rings. The number of rotatable bonds is 2. The Morgan fingerprint density at radius 1 is 1.43 bits per heavy atom. The van der Waals surface area contributed by atoms with Crippen LogP contribution in [0.1, 0.15) is 12.0 Å². The van der Waals surface area contributed by atoms with Crippen LogP contribution in [0.2, 0.25) is 0 Å². The van der Waals surface area contributed by atoms with Crippen LogP contribution >= 0.6 is 11.6 Å². The number of aryl methyl sites for hydroxylation is 1. The number of alkyl halides is 1. The zero-order valence-corrected chi connectivity index (χ0v) is 9.35. The quantitative estimate of drug-likeness (QED) is 0.515. The molecule has 1 aromatic rings. The van der Waals surface area contributed by atoms with Gasteiger partial charge in [-0.05, 0) is 24.5 Å². The number of anilines is 1. The van der Waals surface area contributed by atoms with Crippen molar-refractivity contribution in [1.29, 1.82) is 0 Å². The molecule has 0 saturated heterocycles. The van der Waals surface area contributed by atoms with E-state index in [9.17, 15) is 0 Å². The predicted octanol–water partition coefficient (Wildman–Crippen LogP) is 0.936. The van der Waals surface area contributed by atoms with Crippen LogP contribution in [0.3, 0.4) is 0 Å². The molecule has 0 radical (unpaired) electrons. The van der Waals surface area contributed by atoms with Crippen molar-refractivity contribution in [3.8, 4) is 0 Å². The zero-order valence-electron chi connectivity index (χ0n) is 8.59. The highest BCUT2D eigenvalue weighted by Gasteiger charge is 2.15. The molecule has 14 heavy (non-hydrogen) atoms. The number of nitrogens with zero attached hydrogens (tertiary/aromatic N) is 1. The lowest BCUT2D eigenvalue weighted by Gasteiger charge is -2.31. The summed E-state index contributed by atoms with van der Waals surface area (Å²) in [5.41, 5.74) is 4.24. The van der Waals surface area contributed by atoms with E-state index >= 15 is 0 Å². The van der Waals surface area contributed by atoms with E-state index in [1.165, 1.54) is 29.6 Å². The Kier molecular flexibility index (Phi) is 3.02. The minimum atomic E-state index is 0.716. The van der Waals surface area contributed by atoms with Crippen molar-refractivity contribution in [3.05, 3.63) is 23.8 Å². The molecule has 0 amide bonds. The standard InChI is InChI=1S/C11H15BClN/c12-10-3-4-11-9(8-10)2-1-6-14(11)7-5-13/h3-4,8H,1-2,5-7,12H2. The van der Waals surface area contributed by atoms with E-state index in [4.69, 9.17) is 11.6 Å². The van der Waals surface area contributed by atoms with E-state index in [1.807, 2.05) is 0 Å². The molecule has 2 rings (SSSR count). The molecule has 0 unspecified atom stereocenters. The number of fused-ring (bicyclic) bond motifs is 1. The molecule has 0 spiro atoms. The Bertz CT molecular complexity index is 327. The Hall–Kier alpha value is -0.625. The fourth-order valence-corrected chi connectivity index (χ4v) is 2.34. The highest BCUT2D eigenvalue weighted by molar-refractivity contribution is 6.32.